The Kier molecular flexibility index (Phi) is 8.13. The number of halogens is 5. The summed E-state index contributed by atoms with van der Waals surface area (Å²) in [4.78, 5) is 16.5. The number of nitrogens with zero attached hydrogens (tertiary/aromatic N) is 1. The lowest BCUT2D eigenvalue weighted by molar-refractivity contribution is 0.0958. The molecule has 3 rings (SSSR count). The van der Waals surface area contributed by atoms with Crippen LogP contribution in [0.5, 0.6) is 0 Å². The SMILES string of the molecule is CC(C)=CCNC(=O)c1cc(Cc2ccnc(N)c2F)c(F)c(F)c1Nc1ccc(I)cc1F. The average Bonchev–Trinajstić information content (AvgIpc) is 2.77. The van der Waals surface area contributed by atoms with Crippen LogP contribution in [0.4, 0.5) is 34.8 Å². The number of pyridine rings is 1. The highest BCUT2D eigenvalue weighted by Crippen LogP contribution is 2.32. The molecule has 1 heterocycles. The Morgan fingerprint density at radius 1 is 1.06 bits per heavy atom. The zero-order valence-corrected chi connectivity index (χ0v) is 20.4. The van der Waals surface area contributed by atoms with Crippen LogP contribution in [0.25, 0.3) is 0 Å². The van der Waals surface area contributed by atoms with Gasteiger partial charge in [0.05, 0.1) is 16.9 Å². The Morgan fingerprint density at radius 2 is 1.79 bits per heavy atom. The fourth-order valence-corrected chi connectivity index (χ4v) is 3.57. The van der Waals surface area contributed by atoms with Gasteiger partial charge in [0.1, 0.15) is 5.82 Å². The summed E-state index contributed by atoms with van der Waals surface area (Å²) in [7, 11) is 0. The van der Waals surface area contributed by atoms with Gasteiger partial charge in [-0.2, -0.15) is 0 Å². The minimum atomic E-state index is -1.40. The van der Waals surface area contributed by atoms with E-state index in [-0.39, 0.29) is 41.2 Å². The molecule has 0 radical (unpaired) electrons. The van der Waals surface area contributed by atoms with Crippen molar-refractivity contribution in [2.75, 3.05) is 17.6 Å². The first-order chi connectivity index (χ1) is 16.1. The van der Waals surface area contributed by atoms with E-state index in [9.17, 15) is 13.6 Å². The van der Waals surface area contributed by atoms with E-state index in [2.05, 4.69) is 15.6 Å². The number of aromatic nitrogens is 1. The molecule has 2 aromatic carbocycles. The third-order valence-electron chi connectivity index (χ3n) is 4.87. The molecule has 1 amide bonds. The Bertz CT molecular complexity index is 1280. The Labute approximate surface area is 207 Å². The van der Waals surface area contributed by atoms with Crippen molar-refractivity contribution in [1.82, 2.24) is 10.3 Å². The number of carbonyl (C=O) groups excluding carboxylic acids is 1. The Morgan fingerprint density at radius 3 is 2.47 bits per heavy atom. The summed E-state index contributed by atoms with van der Waals surface area (Å²) >= 11 is 1.91. The lowest BCUT2D eigenvalue weighted by Crippen LogP contribution is -2.25. The molecule has 1 aromatic heterocycles. The smallest absolute Gasteiger partial charge is 0.253 e. The number of anilines is 3. The summed E-state index contributed by atoms with van der Waals surface area (Å²) in [5, 5.41) is 5.09. The molecule has 3 aromatic rings. The number of hydrogen-bond acceptors (Lipinski definition) is 4. The maximum absolute atomic E-state index is 15.2. The fourth-order valence-electron chi connectivity index (χ4n) is 3.12. The normalized spacial score (nSPS) is 10.7. The van der Waals surface area contributed by atoms with Crippen molar-refractivity contribution in [3.8, 4) is 0 Å². The van der Waals surface area contributed by atoms with Crippen LogP contribution in [-0.4, -0.2) is 17.4 Å². The van der Waals surface area contributed by atoms with Crippen molar-refractivity contribution >= 4 is 45.7 Å². The molecule has 34 heavy (non-hydrogen) atoms. The van der Waals surface area contributed by atoms with Crippen molar-refractivity contribution in [3.63, 3.8) is 0 Å². The number of hydrogen-bond donors (Lipinski definition) is 3. The highest BCUT2D eigenvalue weighted by Gasteiger charge is 2.24. The molecule has 10 heteroatoms. The average molecular weight is 584 g/mol. The van der Waals surface area contributed by atoms with Crippen molar-refractivity contribution in [2.24, 2.45) is 0 Å². The third kappa shape index (κ3) is 5.85. The van der Waals surface area contributed by atoms with Crippen molar-refractivity contribution < 1.29 is 22.4 Å². The standard InChI is InChI=1S/C24H21F4IN4O/c1-12(2)5-7-32-24(34)16-10-14(9-13-6-8-31-23(30)20(13)27)19(26)21(28)22(16)33-18-4-3-15(29)11-17(18)25/h3-6,8,10-11,33H,7,9H2,1-2H3,(H2,30,31)(H,32,34). The van der Waals surface area contributed by atoms with Crippen LogP contribution < -0.4 is 16.4 Å². The number of carbonyl (C=O) groups is 1. The number of nitrogens with two attached hydrogens (primary N) is 1. The molecule has 0 saturated carbocycles. The second-order valence-corrected chi connectivity index (χ2v) is 8.92. The zero-order chi connectivity index (χ0) is 25.0. The van der Waals surface area contributed by atoms with E-state index in [1.807, 2.05) is 36.4 Å². The molecule has 0 spiro atoms. The van der Waals surface area contributed by atoms with Crippen LogP contribution in [0.2, 0.25) is 0 Å². The van der Waals surface area contributed by atoms with Crippen LogP contribution in [0, 0.1) is 26.8 Å². The predicted octanol–water partition coefficient (Wildman–Crippen LogP) is 5.86. The fraction of sp³-hybridized carbons (Fsp3) is 0.167. The molecule has 0 aliphatic heterocycles. The molecular formula is C24H21F4IN4O. The maximum atomic E-state index is 15.2. The van der Waals surface area contributed by atoms with Gasteiger partial charge < -0.3 is 16.4 Å². The highest BCUT2D eigenvalue weighted by molar-refractivity contribution is 14.1. The summed E-state index contributed by atoms with van der Waals surface area (Å²) < 4.78 is 59.6. The quantitative estimate of drug-likeness (QED) is 0.185. The first-order valence-electron chi connectivity index (χ1n) is 10.1. The molecule has 0 atom stereocenters. The number of nitrogens with one attached hydrogen (secondary N) is 2. The van der Waals surface area contributed by atoms with E-state index < -0.39 is 34.9 Å². The van der Waals surface area contributed by atoms with Gasteiger partial charge in [-0.15, -0.1) is 0 Å². The molecule has 5 nitrogen and oxygen atoms in total. The highest BCUT2D eigenvalue weighted by atomic mass is 127. The minimum absolute atomic E-state index is 0.0221. The Balaban J connectivity index is 2.09. The van der Waals surface area contributed by atoms with E-state index in [0.29, 0.717) is 3.57 Å². The van der Waals surface area contributed by atoms with Crippen molar-refractivity contribution in [1.29, 1.82) is 0 Å². The van der Waals surface area contributed by atoms with E-state index in [0.717, 1.165) is 11.6 Å². The minimum Gasteiger partial charge on any atom is -0.381 e. The second kappa shape index (κ2) is 10.9. The van der Waals surface area contributed by atoms with Gasteiger partial charge in [-0.05, 0) is 77.9 Å². The summed E-state index contributed by atoms with van der Waals surface area (Å²) in [6.07, 6.45) is 2.60. The summed E-state index contributed by atoms with van der Waals surface area (Å²) in [6, 6.07) is 6.52. The van der Waals surface area contributed by atoms with Crippen molar-refractivity contribution in [3.05, 3.63) is 91.7 Å². The van der Waals surface area contributed by atoms with E-state index in [1.165, 1.54) is 24.4 Å². The molecule has 178 valence electrons. The lowest BCUT2D eigenvalue weighted by Gasteiger charge is -2.17. The summed E-state index contributed by atoms with van der Waals surface area (Å²) in [6.45, 7) is 3.81. The van der Waals surface area contributed by atoms with Crippen LogP contribution in [0.1, 0.15) is 35.3 Å². The summed E-state index contributed by atoms with van der Waals surface area (Å²) in [5.74, 6) is -5.37. The number of benzene rings is 2. The van der Waals surface area contributed by atoms with Gasteiger partial charge in [-0.3, -0.25) is 4.79 Å². The van der Waals surface area contributed by atoms with Crippen LogP contribution in [-0.2, 0) is 6.42 Å². The van der Waals surface area contributed by atoms with Gasteiger partial charge in [-0.1, -0.05) is 11.6 Å². The van der Waals surface area contributed by atoms with Gasteiger partial charge in [0.2, 0.25) is 0 Å². The molecule has 0 unspecified atom stereocenters. The summed E-state index contributed by atoms with van der Waals surface area (Å²) in [5.41, 5.74) is 5.16. The van der Waals surface area contributed by atoms with Crippen LogP contribution >= 0.6 is 22.6 Å². The largest absolute Gasteiger partial charge is 0.381 e. The van der Waals surface area contributed by atoms with E-state index >= 15 is 8.78 Å². The first kappa shape index (κ1) is 25.5. The number of rotatable bonds is 7. The monoisotopic (exact) mass is 584 g/mol. The molecule has 0 saturated heterocycles. The predicted molar refractivity (Wildman–Crippen MR) is 132 cm³/mol. The molecule has 0 bridgehead atoms. The number of nitrogen functional groups attached to an aromatic ring is 1. The van der Waals surface area contributed by atoms with Crippen LogP contribution in [0.15, 0.2) is 48.2 Å². The lowest BCUT2D eigenvalue weighted by atomic mass is 9.99. The van der Waals surface area contributed by atoms with E-state index in [1.54, 1.807) is 12.1 Å². The molecule has 0 fully saturated rings. The van der Waals surface area contributed by atoms with Gasteiger partial charge in [-0.25, -0.2) is 22.5 Å². The van der Waals surface area contributed by atoms with Crippen molar-refractivity contribution in [2.45, 2.75) is 20.3 Å². The van der Waals surface area contributed by atoms with Crippen LogP contribution in [0.3, 0.4) is 0 Å². The van der Waals surface area contributed by atoms with Gasteiger partial charge in [0.25, 0.3) is 5.91 Å². The Hall–Kier alpha value is -3.15. The van der Waals surface area contributed by atoms with Gasteiger partial charge >= 0.3 is 0 Å². The van der Waals surface area contributed by atoms with Gasteiger partial charge in [0, 0.05) is 22.7 Å². The van der Waals surface area contributed by atoms with Gasteiger partial charge in [0.15, 0.2) is 23.3 Å². The van der Waals surface area contributed by atoms with E-state index in [4.69, 9.17) is 5.73 Å². The number of allylic oxidation sites excluding steroid dienone is 1. The number of amides is 1. The first-order valence-corrected chi connectivity index (χ1v) is 11.2. The molecule has 0 aliphatic carbocycles. The molecule has 4 N–H and O–H groups in total. The molecular weight excluding hydrogens is 563 g/mol. The topological polar surface area (TPSA) is 80.0 Å². The third-order valence-corrected chi connectivity index (χ3v) is 5.54. The second-order valence-electron chi connectivity index (χ2n) is 7.67. The maximum Gasteiger partial charge on any atom is 0.253 e. The zero-order valence-electron chi connectivity index (χ0n) is 18.3. The molecule has 0 aliphatic rings.